The van der Waals surface area contributed by atoms with Crippen molar-refractivity contribution in [2.75, 3.05) is 24.2 Å². The Morgan fingerprint density at radius 1 is 1.20 bits per heavy atom. The van der Waals surface area contributed by atoms with Crippen molar-refractivity contribution in [1.82, 2.24) is 0 Å². The fourth-order valence-electron chi connectivity index (χ4n) is 1.70. The van der Waals surface area contributed by atoms with Crippen molar-refractivity contribution >= 4 is 23.0 Å². The zero-order chi connectivity index (χ0) is 14.4. The molecule has 0 aliphatic carbocycles. The third-order valence-electron chi connectivity index (χ3n) is 2.69. The van der Waals surface area contributed by atoms with Gasteiger partial charge in [-0.3, -0.25) is 0 Å². The van der Waals surface area contributed by atoms with Crippen LogP contribution in [-0.4, -0.2) is 13.2 Å². The molecule has 0 unspecified atom stereocenters. The average molecular weight is 288 g/mol. The molecule has 20 heavy (non-hydrogen) atoms. The summed E-state index contributed by atoms with van der Waals surface area (Å²) in [6.07, 6.45) is 0. The van der Waals surface area contributed by atoms with Gasteiger partial charge in [0.2, 0.25) is 0 Å². The number of benzene rings is 2. The number of nitrogens with one attached hydrogen (secondary N) is 1. The maximum Gasteiger partial charge on any atom is 0.119 e. The van der Waals surface area contributed by atoms with E-state index in [1.165, 1.54) is 0 Å². The molecule has 0 aliphatic rings. The molecule has 0 aromatic heterocycles. The van der Waals surface area contributed by atoms with Gasteiger partial charge in [0.25, 0.3) is 0 Å². The lowest BCUT2D eigenvalue weighted by molar-refractivity contribution is 0.333. The van der Waals surface area contributed by atoms with E-state index in [-0.39, 0.29) is 0 Å². The van der Waals surface area contributed by atoms with Gasteiger partial charge in [0, 0.05) is 12.2 Å². The summed E-state index contributed by atoms with van der Waals surface area (Å²) in [5.74, 6) is 0.757. The predicted molar refractivity (Wildman–Crippen MR) is 81.0 cm³/mol. The zero-order valence-corrected chi connectivity index (χ0v) is 11.5. The van der Waals surface area contributed by atoms with Crippen LogP contribution in [0.2, 0.25) is 5.02 Å². The van der Waals surface area contributed by atoms with E-state index in [0.717, 1.165) is 5.75 Å². The molecule has 2 aromatic rings. The Morgan fingerprint density at radius 3 is 2.65 bits per heavy atom. The summed E-state index contributed by atoms with van der Waals surface area (Å²) in [4.78, 5) is 0. The van der Waals surface area contributed by atoms with Crippen LogP contribution in [0.25, 0.3) is 0 Å². The fourth-order valence-corrected chi connectivity index (χ4v) is 1.92. The smallest absolute Gasteiger partial charge is 0.119 e. The number of hydrogen-bond donors (Lipinski definition) is 2. The molecule has 2 aromatic carbocycles. The predicted octanol–water partition coefficient (Wildman–Crippen LogP) is 3.28. The molecular formula is C15H14ClN3O. The molecule has 0 radical (unpaired) electrons. The third kappa shape index (κ3) is 3.56. The second-order valence-corrected chi connectivity index (χ2v) is 4.53. The number of anilines is 2. The van der Waals surface area contributed by atoms with E-state index >= 15 is 0 Å². The molecule has 0 aliphatic heterocycles. The second kappa shape index (κ2) is 6.69. The van der Waals surface area contributed by atoms with Crippen LogP contribution in [0.1, 0.15) is 5.56 Å². The Labute approximate surface area is 122 Å². The molecule has 0 amide bonds. The molecule has 0 saturated carbocycles. The van der Waals surface area contributed by atoms with Crippen LogP contribution in [0.15, 0.2) is 42.5 Å². The topological polar surface area (TPSA) is 71.1 Å². The van der Waals surface area contributed by atoms with E-state index in [4.69, 9.17) is 27.3 Å². The second-order valence-electron chi connectivity index (χ2n) is 4.12. The van der Waals surface area contributed by atoms with E-state index in [9.17, 15) is 0 Å². The van der Waals surface area contributed by atoms with Gasteiger partial charge in [-0.05, 0) is 36.4 Å². The van der Waals surface area contributed by atoms with Gasteiger partial charge in [-0.15, -0.1) is 0 Å². The first-order valence-electron chi connectivity index (χ1n) is 6.11. The van der Waals surface area contributed by atoms with Crippen molar-refractivity contribution in [3.8, 4) is 11.8 Å². The quantitative estimate of drug-likeness (QED) is 0.654. The van der Waals surface area contributed by atoms with Crippen molar-refractivity contribution in [2.24, 2.45) is 0 Å². The van der Waals surface area contributed by atoms with Gasteiger partial charge in [-0.1, -0.05) is 17.7 Å². The van der Waals surface area contributed by atoms with E-state index in [2.05, 4.69) is 11.4 Å². The number of rotatable bonds is 5. The standard InChI is InChI=1S/C15H14ClN3O/c16-14-2-1-3-15(13(14)10-17)19-8-9-20-12-6-4-11(18)5-7-12/h1-7,19H,8-9,18H2. The molecule has 3 N–H and O–H groups in total. The normalized spacial score (nSPS) is 9.80. The molecule has 0 saturated heterocycles. The van der Waals surface area contributed by atoms with Crippen molar-refractivity contribution in [2.45, 2.75) is 0 Å². The van der Waals surface area contributed by atoms with Gasteiger partial charge in [-0.2, -0.15) is 5.26 Å². The molecule has 102 valence electrons. The molecular weight excluding hydrogens is 274 g/mol. The Bertz CT molecular complexity index is 620. The van der Waals surface area contributed by atoms with E-state index in [1.807, 2.05) is 18.2 Å². The highest BCUT2D eigenvalue weighted by Crippen LogP contribution is 2.23. The minimum absolute atomic E-state index is 0.442. The first-order chi connectivity index (χ1) is 9.70. The van der Waals surface area contributed by atoms with Gasteiger partial charge in [0.15, 0.2) is 0 Å². The van der Waals surface area contributed by atoms with Crippen molar-refractivity contribution < 1.29 is 4.74 Å². The molecule has 0 fully saturated rings. The van der Waals surface area contributed by atoms with Crippen LogP contribution < -0.4 is 15.8 Å². The maximum absolute atomic E-state index is 9.04. The lowest BCUT2D eigenvalue weighted by Gasteiger charge is -2.10. The van der Waals surface area contributed by atoms with Crippen LogP contribution in [0.3, 0.4) is 0 Å². The summed E-state index contributed by atoms with van der Waals surface area (Å²) >= 11 is 5.95. The Hall–Kier alpha value is -2.38. The zero-order valence-electron chi connectivity index (χ0n) is 10.8. The molecule has 5 heteroatoms. The van der Waals surface area contributed by atoms with Crippen LogP contribution in [0, 0.1) is 11.3 Å². The first-order valence-corrected chi connectivity index (χ1v) is 6.49. The lowest BCUT2D eigenvalue weighted by atomic mass is 10.2. The third-order valence-corrected chi connectivity index (χ3v) is 3.01. The minimum atomic E-state index is 0.442. The van der Waals surface area contributed by atoms with Crippen LogP contribution in [0.5, 0.6) is 5.75 Å². The highest BCUT2D eigenvalue weighted by Gasteiger charge is 2.05. The van der Waals surface area contributed by atoms with Crippen molar-refractivity contribution in [1.29, 1.82) is 5.26 Å². The number of nitriles is 1. The summed E-state index contributed by atoms with van der Waals surface area (Å²) in [5.41, 5.74) is 7.45. The molecule has 0 spiro atoms. The number of nitrogens with two attached hydrogens (primary N) is 1. The fraction of sp³-hybridized carbons (Fsp3) is 0.133. The SMILES string of the molecule is N#Cc1c(Cl)cccc1NCCOc1ccc(N)cc1. The number of nitrogen functional groups attached to an aromatic ring is 1. The van der Waals surface area contributed by atoms with Crippen LogP contribution in [-0.2, 0) is 0 Å². The number of nitrogens with zero attached hydrogens (tertiary/aromatic N) is 1. The van der Waals surface area contributed by atoms with Gasteiger partial charge >= 0.3 is 0 Å². The number of ether oxygens (including phenoxy) is 1. The summed E-state index contributed by atoms with van der Waals surface area (Å²) in [6.45, 7) is 1.04. The Balaban J connectivity index is 1.86. The summed E-state index contributed by atoms with van der Waals surface area (Å²) in [7, 11) is 0. The summed E-state index contributed by atoms with van der Waals surface area (Å²) < 4.78 is 5.55. The Kier molecular flexibility index (Phi) is 4.70. The monoisotopic (exact) mass is 287 g/mol. The van der Waals surface area contributed by atoms with Gasteiger partial charge in [-0.25, -0.2) is 0 Å². The van der Waals surface area contributed by atoms with Gasteiger partial charge in [0.05, 0.1) is 16.3 Å². The molecule has 0 bridgehead atoms. The Morgan fingerprint density at radius 2 is 1.95 bits per heavy atom. The number of halogens is 1. The van der Waals surface area contributed by atoms with Gasteiger partial charge < -0.3 is 15.8 Å². The average Bonchev–Trinajstić information content (AvgIpc) is 2.45. The van der Waals surface area contributed by atoms with Crippen molar-refractivity contribution in [3.63, 3.8) is 0 Å². The maximum atomic E-state index is 9.04. The molecule has 0 heterocycles. The molecule has 4 nitrogen and oxygen atoms in total. The van der Waals surface area contributed by atoms with Crippen molar-refractivity contribution in [3.05, 3.63) is 53.1 Å². The summed E-state index contributed by atoms with van der Waals surface area (Å²) in [6, 6.07) is 14.6. The van der Waals surface area contributed by atoms with E-state index < -0.39 is 0 Å². The van der Waals surface area contributed by atoms with E-state index in [1.54, 1.807) is 24.3 Å². The van der Waals surface area contributed by atoms with Gasteiger partial charge in [0.1, 0.15) is 18.4 Å². The lowest BCUT2D eigenvalue weighted by Crippen LogP contribution is -2.12. The molecule has 2 rings (SSSR count). The highest BCUT2D eigenvalue weighted by molar-refractivity contribution is 6.32. The molecule has 0 atom stereocenters. The first kappa shape index (κ1) is 14.0. The van der Waals surface area contributed by atoms with Crippen LogP contribution >= 0.6 is 11.6 Å². The highest BCUT2D eigenvalue weighted by atomic mass is 35.5. The van der Waals surface area contributed by atoms with E-state index in [0.29, 0.717) is 35.1 Å². The summed E-state index contributed by atoms with van der Waals surface area (Å²) in [5, 5.41) is 12.6. The largest absolute Gasteiger partial charge is 0.492 e. The number of hydrogen-bond acceptors (Lipinski definition) is 4. The minimum Gasteiger partial charge on any atom is -0.492 e. The van der Waals surface area contributed by atoms with Crippen LogP contribution in [0.4, 0.5) is 11.4 Å².